The summed E-state index contributed by atoms with van der Waals surface area (Å²) >= 11 is 0. The van der Waals surface area contributed by atoms with Crippen molar-refractivity contribution >= 4 is 11.8 Å². The Morgan fingerprint density at radius 2 is 2.03 bits per heavy atom. The molecule has 0 unspecified atom stereocenters. The maximum absolute atomic E-state index is 12.6. The van der Waals surface area contributed by atoms with Gasteiger partial charge in [0, 0.05) is 18.0 Å². The van der Waals surface area contributed by atoms with Crippen LogP contribution in [0, 0.1) is 0 Å². The number of benzene rings is 1. The predicted octanol–water partition coefficient (Wildman–Crippen LogP) is 1.36. The molecule has 12 nitrogen and oxygen atoms in total. The summed E-state index contributed by atoms with van der Waals surface area (Å²) < 4.78 is 19.4. The van der Waals surface area contributed by atoms with Crippen LogP contribution >= 0.6 is 0 Å². The van der Waals surface area contributed by atoms with Crippen molar-refractivity contribution in [2.24, 2.45) is 0 Å². The van der Waals surface area contributed by atoms with E-state index in [1.165, 1.54) is 10.8 Å². The van der Waals surface area contributed by atoms with E-state index in [1.54, 1.807) is 34.2 Å². The largest absolute Gasteiger partial charge is 0.489 e. The van der Waals surface area contributed by atoms with Gasteiger partial charge >= 0.3 is 11.8 Å². The lowest BCUT2D eigenvalue weighted by Crippen LogP contribution is -2.45. The SMILES string of the molecule is O=C1O[C@@H](Cn2ccnn2)[C@@H]2COc3cc(-c4ccc(-n5cc(CO)oc5=O)nc4)ccc3N12. The van der Waals surface area contributed by atoms with Crippen molar-refractivity contribution in [1.29, 1.82) is 0 Å². The summed E-state index contributed by atoms with van der Waals surface area (Å²) in [5.41, 5.74) is 2.26. The quantitative estimate of drug-likeness (QED) is 0.466. The molecule has 12 heteroatoms. The van der Waals surface area contributed by atoms with E-state index < -0.39 is 18.0 Å². The minimum atomic E-state index is -0.624. The fraction of sp³-hybridized carbons (Fsp3) is 0.227. The number of aliphatic hydroxyl groups is 1. The third kappa shape index (κ3) is 3.31. The predicted molar refractivity (Wildman–Crippen MR) is 116 cm³/mol. The molecule has 34 heavy (non-hydrogen) atoms. The maximum Gasteiger partial charge on any atom is 0.425 e. The zero-order valence-electron chi connectivity index (χ0n) is 17.6. The smallest absolute Gasteiger partial charge is 0.425 e. The van der Waals surface area contributed by atoms with Crippen molar-refractivity contribution in [1.82, 2.24) is 24.5 Å². The average molecular weight is 462 g/mol. The summed E-state index contributed by atoms with van der Waals surface area (Å²) in [6, 6.07) is 8.75. The lowest BCUT2D eigenvalue weighted by Gasteiger charge is -2.31. The molecule has 0 aliphatic carbocycles. The van der Waals surface area contributed by atoms with E-state index in [2.05, 4.69) is 15.3 Å². The summed E-state index contributed by atoms with van der Waals surface area (Å²) in [7, 11) is 0. The molecule has 0 bridgehead atoms. The van der Waals surface area contributed by atoms with E-state index in [4.69, 9.17) is 19.0 Å². The van der Waals surface area contributed by atoms with E-state index in [0.717, 1.165) is 11.1 Å². The van der Waals surface area contributed by atoms with Crippen molar-refractivity contribution in [3.05, 3.63) is 71.4 Å². The van der Waals surface area contributed by atoms with E-state index in [1.807, 2.05) is 24.3 Å². The molecule has 1 N–H and O–H groups in total. The lowest BCUT2D eigenvalue weighted by molar-refractivity contribution is 0.106. The van der Waals surface area contributed by atoms with Crippen LogP contribution in [-0.4, -0.2) is 54.5 Å². The van der Waals surface area contributed by atoms with Crippen LogP contribution in [0.4, 0.5) is 10.5 Å². The van der Waals surface area contributed by atoms with Crippen LogP contribution in [0.3, 0.4) is 0 Å². The molecular weight excluding hydrogens is 444 g/mol. The number of oxazole rings is 1. The molecule has 2 aliphatic rings. The minimum Gasteiger partial charge on any atom is -0.489 e. The maximum atomic E-state index is 12.6. The molecule has 1 amide bonds. The normalized spacial score (nSPS) is 18.9. The third-order valence-corrected chi connectivity index (χ3v) is 5.85. The van der Waals surface area contributed by atoms with Crippen LogP contribution < -0.4 is 15.4 Å². The van der Waals surface area contributed by atoms with Gasteiger partial charge in [0.25, 0.3) is 0 Å². The number of fused-ring (bicyclic) bond motifs is 3. The number of nitrogens with zero attached hydrogens (tertiary/aromatic N) is 6. The number of amides is 1. The first-order valence-corrected chi connectivity index (χ1v) is 10.5. The van der Waals surface area contributed by atoms with E-state index in [9.17, 15) is 9.59 Å². The summed E-state index contributed by atoms with van der Waals surface area (Å²) in [5.74, 6) is 0.466. The van der Waals surface area contributed by atoms with Gasteiger partial charge in [-0.3, -0.25) is 4.90 Å². The first-order valence-electron chi connectivity index (χ1n) is 10.5. The lowest BCUT2D eigenvalue weighted by atomic mass is 10.0. The van der Waals surface area contributed by atoms with Gasteiger partial charge in [-0.15, -0.1) is 5.10 Å². The van der Waals surface area contributed by atoms with Crippen molar-refractivity contribution in [2.45, 2.75) is 25.3 Å². The van der Waals surface area contributed by atoms with Crippen LogP contribution in [0.2, 0.25) is 0 Å². The topological polar surface area (TPSA) is 138 Å². The number of pyridine rings is 1. The molecular formula is C22H18N6O6. The van der Waals surface area contributed by atoms with Gasteiger partial charge in [-0.05, 0) is 29.8 Å². The Bertz CT molecular complexity index is 1410. The summed E-state index contributed by atoms with van der Waals surface area (Å²) in [5, 5.41) is 16.9. The number of carbonyl (C=O) groups is 1. The molecule has 6 rings (SSSR count). The molecule has 2 aliphatic heterocycles. The summed E-state index contributed by atoms with van der Waals surface area (Å²) in [4.78, 5) is 30.5. The molecule has 172 valence electrons. The number of aromatic nitrogens is 5. The van der Waals surface area contributed by atoms with E-state index in [-0.39, 0.29) is 25.0 Å². The van der Waals surface area contributed by atoms with Gasteiger partial charge in [-0.1, -0.05) is 11.3 Å². The Morgan fingerprint density at radius 3 is 2.76 bits per heavy atom. The average Bonchev–Trinajstić information content (AvgIpc) is 3.58. The molecule has 1 saturated heterocycles. The fourth-order valence-electron chi connectivity index (χ4n) is 4.20. The highest BCUT2D eigenvalue weighted by Gasteiger charge is 2.46. The third-order valence-electron chi connectivity index (χ3n) is 5.85. The van der Waals surface area contributed by atoms with Crippen LogP contribution in [0.15, 0.2) is 64.3 Å². The van der Waals surface area contributed by atoms with Gasteiger partial charge in [-0.2, -0.15) is 0 Å². The number of rotatable bonds is 5. The Morgan fingerprint density at radius 1 is 1.15 bits per heavy atom. The second-order valence-corrected chi connectivity index (χ2v) is 7.87. The molecule has 2 atom stereocenters. The highest BCUT2D eigenvalue weighted by molar-refractivity contribution is 5.94. The molecule has 1 aromatic carbocycles. The van der Waals surface area contributed by atoms with E-state index in [0.29, 0.717) is 23.8 Å². The monoisotopic (exact) mass is 462 g/mol. The first kappa shape index (κ1) is 20.2. The highest BCUT2D eigenvalue weighted by Crippen LogP contribution is 2.41. The standard InChI is InChI=1S/C22H18N6O6/c29-11-15-9-27(21(30)33-15)20-4-2-14(8-23-20)13-1-3-16-18(7-13)32-12-17-19(34-22(31)28(16)17)10-26-6-5-24-25-26/h1-9,17,19,29H,10-12H2/t17-,19-/m0/s1. The molecule has 1 fully saturated rings. The fourth-order valence-corrected chi connectivity index (χ4v) is 4.20. The molecule has 0 spiro atoms. The number of anilines is 1. The molecule has 5 heterocycles. The molecule has 4 aromatic rings. The van der Waals surface area contributed by atoms with E-state index >= 15 is 0 Å². The van der Waals surface area contributed by atoms with Crippen molar-refractivity contribution in [2.75, 3.05) is 11.5 Å². The second-order valence-electron chi connectivity index (χ2n) is 7.87. The molecule has 0 saturated carbocycles. The van der Waals surface area contributed by atoms with Gasteiger partial charge in [0.1, 0.15) is 36.9 Å². The van der Waals surface area contributed by atoms with Gasteiger partial charge in [0.05, 0.1) is 24.6 Å². The number of aliphatic hydroxyl groups excluding tert-OH is 1. The van der Waals surface area contributed by atoms with Crippen molar-refractivity contribution in [3.63, 3.8) is 0 Å². The number of ether oxygens (including phenoxy) is 2. The van der Waals surface area contributed by atoms with Gasteiger partial charge in [-0.25, -0.2) is 23.8 Å². The Hall–Kier alpha value is -4.45. The highest BCUT2D eigenvalue weighted by atomic mass is 16.6. The van der Waals surface area contributed by atoms with Crippen LogP contribution in [-0.2, 0) is 17.9 Å². The Kier molecular flexibility index (Phi) is 4.66. The van der Waals surface area contributed by atoms with Crippen LogP contribution in [0.1, 0.15) is 5.76 Å². The van der Waals surface area contributed by atoms with Crippen LogP contribution in [0.25, 0.3) is 16.9 Å². The number of hydrogen-bond acceptors (Lipinski definition) is 9. The van der Waals surface area contributed by atoms with Crippen LogP contribution in [0.5, 0.6) is 5.75 Å². The zero-order valence-corrected chi connectivity index (χ0v) is 17.6. The summed E-state index contributed by atoms with van der Waals surface area (Å²) in [6.07, 6.45) is 5.48. The van der Waals surface area contributed by atoms with Gasteiger partial charge in [0.15, 0.2) is 5.76 Å². The Balaban J connectivity index is 1.25. The molecule has 3 aromatic heterocycles. The number of carbonyl (C=O) groups excluding carboxylic acids is 1. The second kappa shape index (κ2) is 7.85. The molecule has 0 radical (unpaired) electrons. The van der Waals surface area contributed by atoms with Crippen molar-refractivity contribution < 1.29 is 23.8 Å². The number of hydrogen-bond donors (Lipinski definition) is 1. The minimum absolute atomic E-state index is 0.157. The zero-order chi connectivity index (χ0) is 23.2. The van der Waals surface area contributed by atoms with Crippen molar-refractivity contribution in [3.8, 4) is 22.7 Å². The number of cyclic esters (lactones) is 1. The Labute approximate surface area is 191 Å². The van der Waals surface area contributed by atoms with Gasteiger partial charge in [0.2, 0.25) is 0 Å². The van der Waals surface area contributed by atoms with Gasteiger partial charge < -0.3 is 19.0 Å². The first-order chi connectivity index (χ1) is 16.6. The summed E-state index contributed by atoms with van der Waals surface area (Å²) in [6.45, 7) is 0.304.